The Bertz CT molecular complexity index is 762. The number of nitrogens with zero attached hydrogens (tertiary/aromatic N) is 3. The molecule has 0 amide bonds. The summed E-state index contributed by atoms with van der Waals surface area (Å²) >= 11 is 0. The fourth-order valence-corrected chi connectivity index (χ4v) is 2.66. The molecule has 0 fully saturated rings. The second kappa shape index (κ2) is 5.63. The van der Waals surface area contributed by atoms with Gasteiger partial charge in [0.15, 0.2) is 0 Å². The number of nitrogens with one attached hydrogen (secondary N) is 1. The SMILES string of the molecule is CCn1ccnc1C(NN)c1cc(C)c2ccccc2n1. The quantitative estimate of drug-likeness (QED) is 0.569. The largest absolute Gasteiger partial charge is 0.334 e. The fourth-order valence-electron chi connectivity index (χ4n) is 2.66. The molecule has 3 N–H and O–H groups in total. The summed E-state index contributed by atoms with van der Waals surface area (Å²) in [5.41, 5.74) is 5.89. The molecule has 2 aromatic heterocycles. The zero-order valence-electron chi connectivity index (χ0n) is 12.2. The van der Waals surface area contributed by atoms with E-state index in [1.807, 2.05) is 24.4 Å². The van der Waals surface area contributed by atoms with E-state index in [2.05, 4.69) is 41.0 Å². The zero-order valence-corrected chi connectivity index (χ0v) is 12.2. The lowest BCUT2D eigenvalue weighted by atomic mass is 10.1. The van der Waals surface area contributed by atoms with Crippen LogP contribution >= 0.6 is 0 Å². The van der Waals surface area contributed by atoms with E-state index < -0.39 is 0 Å². The van der Waals surface area contributed by atoms with Crippen LogP contribution in [0.5, 0.6) is 0 Å². The van der Waals surface area contributed by atoms with E-state index in [0.717, 1.165) is 29.0 Å². The third kappa shape index (κ3) is 2.41. The zero-order chi connectivity index (χ0) is 14.8. The van der Waals surface area contributed by atoms with Crippen LogP contribution in [0.4, 0.5) is 0 Å². The molecule has 0 aliphatic rings. The summed E-state index contributed by atoms with van der Waals surface area (Å²) in [7, 11) is 0. The Balaban J connectivity index is 2.13. The molecule has 21 heavy (non-hydrogen) atoms. The summed E-state index contributed by atoms with van der Waals surface area (Å²) in [5.74, 6) is 6.65. The van der Waals surface area contributed by atoms with Crippen LogP contribution < -0.4 is 11.3 Å². The number of hydrogen-bond acceptors (Lipinski definition) is 4. The summed E-state index contributed by atoms with van der Waals surface area (Å²) in [4.78, 5) is 9.17. The fraction of sp³-hybridized carbons (Fsp3) is 0.250. The first-order chi connectivity index (χ1) is 10.2. The van der Waals surface area contributed by atoms with Gasteiger partial charge in [-0.25, -0.2) is 10.4 Å². The average molecular weight is 281 g/mol. The standard InChI is InChI=1S/C16H19N5/c1-3-21-9-8-18-16(21)15(20-17)14-10-11(2)12-6-4-5-7-13(12)19-14/h4-10,15,20H,3,17H2,1-2H3. The predicted molar refractivity (Wildman–Crippen MR) is 83.5 cm³/mol. The van der Waals surface area contributed by atoms with Gasteiger partial charge in [-0.3, -0.25) is 10.8 Å². The Morgan fingerprint density at radius 3 is 2.90 bits per heavy atom. The van der Waals surface area contributed by atoms with Crippen molar-refractivity contribution in [3.8, 4) is 0 Å². The highest BCUT2D eigenvalue weighted by Crippen LogP contribution is 2.24. The minimum atomic E-state index is -0.219. The van der Waals surface area contributed by atoms with Crippen LogP contribution in [0, 0.1) is 6.92 Å². The number of benzene rings is 1. The molecule has 0 aliphatic carbocycles. The van der Waals surface area contributed by atoms with Gasteiger partial charge in [-0.05, 0) is 31.5 Å². The topological polar surface area (TPSA) is 68.8 Å². The molecule has 0 saturated heterocycles. The number of hydrazine groups is 1. The number of imidazole rings is 1. The van der Waals surface area contributed by atoms with Crippen molar-refractivity contribution in [3.63, 3.8) is 0 Å². The van der Waals surface area contributed by atoms with Crippen molar-refractivity contribution >= 4 is 10.9 Å². The molecule has 1 aromatic carbocycles. The first kappa shape index (κ1) is 13.7. The summed E-state index contributed by atoms with van der Waals surface area (Å²) in [6.07, 6.45) is 3.74. The van der Waals surface area contributed by atoms with Crippen molar-refractivity contribution in [1.82, 2.24) is 20.0 Å². The number of hydrogen-bond donors (Lipinski definition) is 2. The van der Waals surface area contributed by atoms with Gasteiger partial charge in [-0.1, -0.05) is 18.2 Å². The van der Waals surface area contributed by atoms with Crippen LogP contribution in [0.15, 0.2) is 42.7 Å². The molecule has 3 rings (SSSR count). The average Bonchev–Trinajstić information content (AvgIpc) is 2.96. The predicted octanol–water partition coefficient (Wildman–Crippen LogP) is 2.31. The van der Waals surface area contributed by atoms with Gasteiger partial charge >= 0.3 is 0 Å². The molecule has 0 radical (unpaired) electrons. The number of aromatic nitrogens is 3. The molecule has 5 heteroatoms. The Labute approximate surface area is 123 Å². The maximum absolute atomic E-state index is 5.77. The number of aryl methyl sites for hydroxylation is 2. The van der Waals surface area contributed by atoms with Gasteiger partial charge in [0.25, 0.3) is 0 Å². The summed E-state index contributed by atoms with van der Waals surface area (Å²) in [6, 6.07) is 9.98. The van der Waals surface area contributed by atoms with Crippen molar-refractivity contribution in [3.05, 3.63) is 59.8 Å². The third-order valence-electron chi connectivity index (χ3n) is 3.75. The number of para-hydroxylation sites is 1. The monoisotopic (exact) mass is 281 g/mol. The van der Waals surface area contributed by atoms with Crippen molar-refractivity contribution in [1.29, 1.82) is 0 Å². The molecule has 0 saturated carbocycles. The number of nitrogens with two attached hydrogens (primary N) is 1. The highest BCUT2D eigenvalue weighted by atomic mass is 15.3. The molecule has 3 aromatic rings. The van der Waals surface area contributed by atoms with Crippen LogP contribution in [0.25, 0.3) is 10.9 Å². The molecular formula is C16H19N5. The van der Waals surface area contributed by atoms with E-state index in [9.17, 15) is 0 Å². The Kier molecular flexibility index (Phi) is 3.68. The van der Waals surface area contributed by atoms with Crippen molar-refractivity contribution in [2.45, 2.75) is 26.4 Å². The normalized spacial score (nSPS) is 12.7. The summed E-state index contributed by atoms with van der Waals surface area (Å²) < 4.78 is 2.07. The maximum atomic E-state index is 5.77. The molecule has 0 spiro atoms. The number of rotatable bonds is 4. The molecule has 1 unspecified atom stereocenters. The number of pyridine rings is 1. The van der Waals surface area contributed by atoms with Crippen molar-refractivity contribution in [2.24, 2.45) is 5.84 Å². The van der Waals surface area contributed by atoms with E-state index in [0.29, 0.717) is 0 Å². The molecule has 108 valence electrons. The summed E-state index contributed by atoms with van der Waals surface area (Å²) in [5, 5.41) is 1.16. The lowest BCUT2D eigenvalue weighted by Gasteiger charge is -2.17. The minimum absolute atomic E-state index is 0.219. The molecule has 0 aliphatic heterocycles. The maximum Gasteiger partial charge on any atom is 0.133 e. The molecule has 2 heterocycles. The van der Waals surface area contributed by atoms with Gasteiger partial charge in [0.1, 0.15) is 11.9 Å². The van der Waals surface area contributed by atoms with Gasteiger partial charge < -0.3 is 4.57 Å². The first-order valence-corrected chi connectivity index (χ1v) is 7.08. The Morgan fingerprint density at radius 2 is 2.14 bits per heavy atom. The highest BCUT2D eigenvalue weighted by molar-refractivity contribution is 5.82. The van der Waals surface area contributed by atoms with Gasteiger partial charge in [0.05, 0.1) is 11.2 Å². The van der Waals surface area contributed by atoms with Gasteiger partial charge in [0, 0.05) is 24.3 Å². The van der Waals surface area contributed by atoms with Gasteiger partial charge in [0.2, 0.25) is 0 Å². The van der Waals surface area contributed by atoms with Crippen molar-refractivity contribution < 1.29 is 0 Å². The Hall–Kier alpha value is -2.24. The van der Waals surface area contributed by atoms with E-state index >= 15 is 0 Å². The Morgan fingerprint density at radius 1 is 1.33 bits per heavy atom. The van der Waals surface area contributed by atoms with E-state index in [1.165, 1.54) is 5.56 Å². The van der Waals surface area contributed by atoms with E-state index in [1.54, 1.807) is 6.20 Å². The van der Waals surface area contributed by atoms with Crippen molar-refractivity contribution in [2.75, 3.05) is 0 Å². The molecular weight excluding hydrogens is 262 g/mol. The van der Waals surface area contributed by atoms with E-state index in [-0.39, 0.29) is 6.04 Å². The van der Waals surface area contributed by atoms with Crippen LogP contribution in [-0.2, 0) is 6.54 Å². The van der Waals surface area contributed by atoms with Crippen LogP contribution in [0.1, 0.15) is 30.0 Å². The summed E-state index contributed by atoms with van der Waals surface area (Å²) in [6.45, 7) is 5.02. The molecule has 1 atom stereocenters. The minimum Gasteiger partial charge on any atom is -0.334 e. The third-order valence-corrected chi connectivity index (χ3v) is 3.75. The van der Waals surface area contributed by atoms with Crippen LogP contribution in [-0.4, -0.2) is 14.5 Å². The van der Waals surface area contributed by atoms with E-state index in [4.69, 9.17) is 10.8 Å². The number of fused-ring (bicyclic) bond motifs is 1. The first-order valence-electron chi connectivity index (χ1n) is 7.08. The molecule has 5 nitrogen and oxygen atoms in total. The highest BCUT2D eigenvalue weighted by Gasteiger charge is 2.19. The lowest BCUT2D eigenvalue weighted by molar-refractivity contribution is 0.551. The van der Waals surface area contributed by atoms with Gasteiger partial charge in [-0.2, -0.15) is 0 Å². The second-order valence-electron chi connectivity index (χ2n) is 5.05. The second-order valence-corrected chi connectivity index (χ2v) is 5.05. The lowest BCUT2D eigenvalue weighted by Crippen LogP contribution is -2.31. The van der Waals surface area contributed by atoms with Crippen LogP contribution in [0.3, 0.4) is 0 Å². The smallest absolute Gasteiger partial charge is 0.133 e. The van der Waals surface area contributed by atoms with Crippen LogP contribution in [0.2, 0.25) is 0 Å². The molecule has 0 bridgehead atoms. The van der Waals surface area contributed by atoms with Gasteiger partial charge in [-0.15, -0.1) is 0 Å².